The number of nitrogens with zero attached hydrogens (tertiary/aromatic N) is 3. The molecule has 148 valence electrons. The van der Waals surface area contributed by atoms with Crippen molar-refractivity contribution in [2.75, 3.05) is 18.0 Å². The van der Waals surface area contributed by atoms with E-state index in [4.69, 9.17) is 16.3 Å². The molecule has 2 aliphatic heterocycles. The number of halogens is 1. The third-order valence-corrected chi connectivity index (χ3v) is 5.06. The predicted molar refractivity (Wildman–Crippen MR) is 116 cm³/mol. The van der Waals surface area contributed by atoms with Gasteiger partial charge in [-0.1, -0.05) is 24.6 Å². The molecule has 0 bridgehead atoms. The second-order valence-electron chi connectivity index (χ2n) is 6.85. The summed E-state index contributed by atoms with van der Waals surface area (Å²) in [7, 11) is 0. The standard InChI is InChI=1S/C22H27ClN4O/c1-4-6-9-25-22(16(3)5-2)20-15-28-21-8-7-10-27(14-19(21)26-20)18-11-17(23)12-24-13-18/h4,6,9,11-13,15,26H,5,7-8,10,14H2,1-3H3. The molecule has 0 aromatic carbocycles. The van der Waals surface area contributed by atoms with Gasteiger partial charge in [0.05, 0.1) is 34.8 Å². The number of anilines is 1. The fourth-order valence-corrected chi connectivity index (χ4v) is 3.36. The largest absolute Gasteiger partial charge is 0.465 e. The first-order valence-corrected chi connectivity index (χ1v) is 10.1. The minimum atomic E-state index is 0.645. The van der Waals surface area contributed by atoms with Crippen molar-refractivity contribution in [2.24, 2.45) is 4.99 Å². The number of pyridine rings is 1. The Morgan fingerprint density at radius 3 is 3.04 bits per heavy atom. The molecule has 0 amide bonds. The SMILES string of the molecule is CC=CC=NC(C1=COC2=C(CN(c3cncc(Cl)c3)CCC2)N1)=C(C)CC. The molecule has 1 N–H and O–H groups in total. The molecule has 0 spiro atoms. The highest BCUT2D eigenvalue weighted by Gasteiger charge is 2.24. The van der Waals surface area contributed by atoms with Gasteiger partial charge in [0.15, 0.2) is 0 Å². The van der Waals surface area contributed by atoms with Gasteiger partial charge in [-0.3, -0.25) is 9.98 Å². The molecular weight excluding hydrogens is 372 g/mol. The average Bonchev–Trinajstić information content (AvgIpc) is 2.92. The number of rotatable bonds is 5. The maximum atomic E-state index is 6.14. The monoisotopic (exact) mass is 398 g/mol. The maximum Gasteiger partial charge on any atom is 0.124 e. The van der Waals surface area contributed by atoms with Crippen LogP contribution in [0.1, 0.15) is 40.0 Å². The van der Waals surface area contributed by atoms with Crippen molar-refractivity contribution in [3.05, 3.63) is 70.3 Å². The van der Waals surface area contributed by atoms with Crippen LogP contribution in [0, 0.1) is 0 Å². The van der Waals surface area contributed by atoms with Gasteiger partial charge in [-0.15, -0.1) is 0 Å². The van der Waals surface area contributed by atoms with E-state index < -0.39 is 0 Å². The number of hydrogen-bond acceptors (Lipinski definition) is 5. The first-order chi connectivity index (χ1) is 13.6. The van der Waals surface area contributed by atoms with Crippen molar-refractivity contribution in [3.63, 3.8) is 0 Å². The molecule has 5 nitrogen and oxygen atoms in total. The molecule has 6 heteroatoms. The molecule has 0 saturated carbocycles. The van der Waals surface area contributed by atoms with E-state index in [-0.39, 0.29) is 0 Å². The Morgan fingerprint density at radius 2 is 2.29 bits per heavy atom. The van der Waals surface area contributed by atoms with Gasteiger partial charge in [0.1, 0.15) is 17.7 Å². The zero-order valence-corrected chi connectivity index (χ0v) is 17.5. The van der Waals surface area contributed by atoms with E-state index in [0.29, 0.717) is 11.6 Å². The fraction of sp³-hybridized carbons (Fsp3) is 0.364. The van der Waals surface area contributed by atoms with Crippen LogP contribution in [-0.2, 0) is 4.74 Å². The summed E-state index contributed by atoms with van der Waals surface area (Å²) >= 11 is 6.14. The summed E-state index contributed by atoms with van der Waals surface area (Å²) < 4.78 is 6.03. The van der Waals surface area contributed by atoms with Crippen molar-refractivity contribution in [1.29, 1.82) is 0 Å². The van der Waals surface area contributed by atoms with E-state index in [1.807, 2.05) is 37.6 Å². The summed E-state index contributed by atoms with van der Waals surface area (Å²) in [5.74, 6) is 0.993. The van der Waals surface area contributed by atoms with Gasteiger partial charge in [0, 0.05) is 25.4 Å². The Morgan fingerprint density at radius 1 is 1.43 bits per heavy atom. The van der Waals surface area contributed by atoms with Gasteiger partial charge in [0.25, 0.3) is 0 Å². The first-order valence-electron chi connectivity index (χ1n) is 9.69. The van der Waals surface area contributed by atoms with Gasteiger partial charge in [-0.25, -0.2) is 0 Å². The maximum absolute atomic E-state index is 6.14. The summed E-state index contributed by atoms with van der Waals surface area (Å²) in [4.78, 5) is 11.2. The van der Waals surface area contributed by atoms with Gasteiger partial charge < -0.3 is 15.0 Å². The minimum Gasteiger partial charge on any atom is -0.465 e. The lowest BCUT2D eigenvalue weighted by molar-refractivity contribution is 0.309. The Balaban J connectivity index is 1.83. The van der Waals surface area contributed by atoms with Gasteiger partial charge >= 0.3 is 0 Å². The topological polar surface area (TPSA) is 49.8 Å². The third kappa shape index (κ3) is 4.84. The second-order valence-corrected chi connectivity index (χ2v) is 7.29. The minimum absolute atomic E-state index is 0.645. The molecule has 0 saturated heterocycles. The molecule has 0 fully saturated rings. The molecule has 1 aromatic heterocycles. The third-order valence-electron chi connectivity index (χ3n) is 4.85. The van der Waals surface area contributed by atoms with E-state index >= 15 is 0 Å². The number of ether oxygens (including phenoxy) is 1. The Kier molecular flexibility index (Phi) is 6.93. The van der Waals surface area contributed by atoms with Gasteiger partial charge in [0.2, 0.25) is 0 Å². The van der Waals surface area contributed by atoms with Crippen molar-refractivity contribution in [2.45, 2.75) is 40.0 Å². The summed E-state index contributed by atoms with van der Waals surface area (Å²) in [5.41, 5.74) is 5.11. The number of nitrogens with one attached hydrogen (secondary N) is 1. The second kappa shape index (κ2) is 9.60. The zero-order chi connectivity index (χ0) is 19.9. The van der Waals surface area contributed by atoms with Crippen molar-refractivity contribution in [1.82, 2.24) is 10.3 Å². The smallest absolute Gasteiger partial charge is 0.124 e. The Hall–Kier alpha value is -2.53. The zero-order valence-electron chi connectivity index (χ0n) is 16.7. The van der Waals surface area contributed by atoms with Crippen molar-refractivity contribution >= 4 is 23.5 Å². The quantitative estimate of drug-likeness (QED) is 0.680. The van der Waals surface area contributed by atoms with Crippen LogP contribution in [0.15, 0.2) is 70.3 Å². The molecule has 3 heterocycles. The number of aromatic nitrogens is 1. The van der Waals surface area contributed by atoms with Crippen LogP contribution in [0.2, 0.25) is 5.02 Å². The van der Waals surface area contributed by atoms with Crippen LogP contribution >= 0.6 is 11.6 Å². The van der Waals surface area contributed by atoms with Crippen LogP contribution in [0.25, 0.3) is 0 Å². The van der Waals surface area contributed by atoms with E-state index in [2.05, 4.69) is 34.0 Å². The lowest BCUT2D eigenvalue weighted by atomic mass is 10.1. The normalized spacial score (nSPS) is 18.4. The molecule has 0 unspecified atom stereocenters. The highest BCUT2D eigenvalue weighted by Crippen LogP contribution is 2.29. The highest BCUT2D eigenvalue weighted by molar-refractivity contribution is 6.30. The molecule has 0 aliphatic carbocycles. The molecule has 0 radical (unpaired) electrons. The molecule has 2 aliphatic rings. The van der Waals surface area contributed by atoms with Crippen LogP contribution < -0.4 is 10.2 Å². The molecule has 3 rings (SSSR count). The first kappa shape index (κ1) is 20.2. The Bertz CT molecular complexity index is 867. The van der Waals surface area contributed by atoms with E-state index in [9.17, 15) is 0 Å². The van der Waals surface area contributed by atoms with Crippen molar-refractivity contribution in [3.8, 4) is 0 Å². The van der Waals surface area contributed by atoms with E-state index in [1.165, 1.54) is 5.57 Å². The van der Waals surface area contributed by atoms with Gasteiger partial charge in [-0.2, -0.15) is 0 Å². The summed E-state index contributed by atoms with van der Waals surface area (Å²) in [6.07, 6.45) is 13.8. The summed E-state index contributed by atoms with van der Waals surface area (Å²) in [6, 6.07) is 1.95. The van der Waals surface area contributed by atoms with Crippen molar-refractivity contribution < 1.29 is 4.74 Å². The van der Waals surface area contributed by atoms with Gasteiger partial charge in [-0.05, 0) is 44.4 Å². The molecule has 0 atom stereocenters. The number of aliphatic imine (C=N–C) groups is 1. The summed E-state index contributed by atoms with van der Waals surface area (Å²) in [5, 5.41) is 4.22. The molecule has 1 aromatic rings. The van der Waals surface area contributed by atoms with E-state index in [0.717, 1.165) is 54.3 Å². The highest BCUT2D eigenvalue weighted by atomic mass is 35.5. The summed E-state index contributed by atoms with van der Waals surface area (Å²) in [6.45, 7) is 7.85. The van der Waals surface area contributed by atoms with Crippen LogP contribution in [0.4, 0.5) is 5.69 Å². The number of hydrogen-bond donors (Lipinski definition) is 1. The molecule has 28 heavy (non-hydrogen) atoms. The van der Waals surface area contributed by atoms with E-state index in [1.54, 1.807) is 12.5 Å². The number of allylic oxidation sites excluding steroid dienone is 4. The van der Waals surface area contributed by atoms with Crippen LogP contribution in [0.5, 0.6) is 0 Å². The van der Waals surface area contributed by atoms with Crippen LogP contribution in [-0.4, -0.2) is 24.3 Å². The molecular formula is C22H27ClN4O. The Labute approximate surface area is 172 Å². The van der Waals surface area contributed by atoms with Crippen LogP contribution in [0.3, 0.4) is 0 Å². The predicted octanol–water partition coefficient (Wildman–Crippen LogP) is 5.34. The average molecular weight is 399 g/mol. The lowest BCUT2D eigenvalue weighted by Crippen LogP contribution is -2.32. The lowest BCUT2D eigenvalue weighted by Gasteiger charge is -2.27. The fourth-order valence-electron chi connectivity index (χ4n) is 3.19.